The zero-order valence-corrected chi connectivity index (χ0v) is 14.7. The summed E-state index contributed by atoms with van der Waals surface area (Å²) < 4.78 is 0. The lowest BCUT2D eigenvalue weighted by Crippen LogP contribution is -2.62. The van der Waals surface area contributed by atoms with Crippen LogP contribution in [0.25, 0.3) is 0 Å². The van der Waals surface area contributed by atoms with Crippen molar-refractivity contribution in [2.24, 2.45) is 0 Å². The monoisotopic (exact) mass is 327 g/mol. The summed E-state index contributed by atoms with van der Waals surface area (Å²) >= 11 is 0. The van der Waals surface area contributed by atoms with Crippen LogP contribution in [0.2, 0.25) is 0 Å². The molecule has 3 aliphatic heterocycles. The van der Waals surface area contributed by atoms with Crippen LogP contribution in [-0.2, 0) is 11.3 Å². The molecule has 3 heterocycles. The quantitative estimate of drug-likeness (QED) is 0.853. The molecule has 0 saturated carbocycles. The van der Waals surface area contributed by atoms with Crippen LogP contribution in [0.4, 0.5) is 0 Å². The third-order valence-corrected chi connectivity index (χ3v) is 6.21. The van der Waals surface area contributed by atoms with Crippen molar-refractivity contribution in [3.8, 4) is 0 Å². The van der Waals surface area contributed by atoms with Gasteiger partial charge in [-0.05, 0) is 51.3 Å². The Balaban J connectivity index is 1.34. The maximum Gasteiger partial charge on any atom is 0.239 e. The number of piperazine rings is 1. The molecular formula is C20H29N3O. The molecule has 2 atom stereocenters. The van der Waals surface area contributed by atoms with Gasteiger partial charge in [-0.2, -0.15) is 0 Å². The highest BCUT2D eigenvalue weighted by molar-refractivity contribution is 5.83. The number of amides is 1. The van der Waals surface area contributed by atoms with Gasteiger partial charge in [-0.3, -0.25) is 14.6 Å². The van der Waals surface area contributed by atoms with Gasteiger partial charge < -0.3 is 4.90 Å². The van der Waals surface area contributed by atoms with E-state index in [1.54, 1.807) is 0 Å². The number of carbonyl (C=O) groups is 1. The summed E-state index contributed by atoms with van der Waals surface area (Å²) in [7, 11) is 0. The highest BCUT2D eigenvalue weighted by Gasteiger charge is 2.42. The van der Waals surface area contributed by atoms with Crippen LogP contribution < -0.4 is 0 Å². The molecule has 1 aromatic rings. The van der Waals surface area contributed by atoms with Crippen LogP contribution in [0.1, 0.15) is 38.2 Å². The Kier molecular flexibility index (Phi) is 4.59. The molecule has 1 amide bonds. The van der Waals surface area contributed by atoms with E-state index in [1.165, 1.54) is 31.2 Å². The fraction of sp³-hybridized carbons (Fsp3) is 0.650. The average molecular weight is 327 g/mol. The van der Waals surface area contributed by atoms with Gasteiger partial charge in [0, 0.05) is 31.7 Å². The van der Waals surface area contributed by atoms with Crippen LogP contribution in [0, 0.1) is 0 Å². The minimum atomic E-state index is 0.0741. The van der Waals surface area contributed by atoms with Gasteiger partial charge in [-0.15, -0.1) is 0 Å². The first-order valence-electron chi connectivity index (χ1n) is 9.55. The molecule has 4 rings (SSSR count). The van der Waals surface area contributed by atoms with Gasteiger partial charge in [0.1, 0.15) is 0 Å². The largest absolute Gasteiger partial charge is 0.337 e. The predicted octanol–water partition coefficient (Wildman–Crippen LogP) is 2.35. The van der Waals surface area contributed by atoms with E-state index >= 15 is 0 Å². The van der Waals surface area contributed by atoms with Crippen LogP contribution in [0.15, 0.2) is 30.3 Å². The lowest BCUT2D eigenvalue weighted by molar-refractivity contribution is -0.145. The minimum absolute atomic E-state index is 0.0741. The van der Waals surface area contributed by atoms with E-state index in [9.17, 15) is 4.79 Å². The highest BCUT2D eigenvalue weighted by Crippen LogP contribution is 2.30. The first-order chi connectivity index (χ1) is 11.7. The molecule has 1 aromatic carbocycles. The molecular weight excluding hydrogens is 298 g/mol. The topological polar surface area (TPSA) is 26.8 Å². The van der Waals surface area contributed by atoms with Crippen molar-refractivity contribution in [1.82, 2.24) is 14.7 Å². The number of likely N-dealkylation sites (tertiary alicyclic amines) is 1. The van der Waals surface area contributed by atoms with E-state index in [4.69, 9.17) is 0 Å². The Labute approximate surface area is 145 Å². The van der Waals surface area contributed by atoms with E-state index < -0.39 is 0 Å². The zero-order valence-electron chi connectivity index (χ0n) is 14.7. The van der Waals surface area contributed by atoms with E-state index in [0.29, 0.717) is 18.0 Å². The number of hydrogen-bond donors (Lipinski definition) is 0. The third kappa shape index (κ3) is 3.09. The van der Waals surface area contributed by atoms with Gasteiger partial charge in [0.2, 0.25) is 5.91 Å². The number of nitrogens with zero attached hydrogens (tertiary/aromatic N) is 3. The molecule has 4 nitrogen and oxygen atoms in total. The maximum absolute atomic E-state index is 12.6. The molecule has 0 radical (unpaired) electrons. The van der Waals surface area contributed by atoms with Gasteiger partial charge in [-0.1, -0.05) is 30.3 Å². The van der Waals surface area contributed by atoms with Crippen LogP contribution in [-0.4, -0.2) is 64.9 Å². The van der Waals surface area contributed by atoms with Crippen molar-refractivity contribution in [3.05, 3.63) is 35.9 Å². The Bertz CT molecular complexity index is 568. The molecule has 4 heteroatoms. The van der Waals surface area contributed by atoms with Gasteiger partial charge in [0.15, 0.2) is 0 Å². The molecule has 0 spiro atoms. The Hall–Kier alpha value is -1.39. The standard InChI is InChI=1S/C20H29N3O/c1-16-20(24)22-11-5-8-19(22)15-23(16)18-9-12-21(13-10-18)14-17-6-3-2-4-7-17/h2-4,6-7,16,18-19H,5,8-15H2,1H3/t16-,19-/m1/s1. The van der Waals surface area contributed by atoms with Crippen LogP contribution >= 0.6 is 0 Å². The summed E-state index contributed by atoms with van der Waals surface area (Å²) in [4.78, 5) is 19.9. The molecule has 24 heavy (non-hydrogen) atoms. The smallest absolute Gasteiger partial charge is 0.239 e. The van der Waals surface area contributed by atoms with Crippen LogP contribution in [0.5, 0.6) is 0 Å². The molecule has 130 valence electrons. The Morgan fingerprint density at radius 3 is 2.50 bits per heavy atom. The lowest BCUT2D eigenvalue weighted by atomic mass is 9.97. The summed E-state index contributed by atoms with van der Waals surface area (Å²) in [6.07, 6.45) is 4.77. The molecule has 0 unspecified atom stereocenters. The number of hydrogen-bond acceptors (Lipinski definition) is 3. The van der Waals surface area contributed by atoms with Crippen molar-refractivity contribution in [3.63, 3.8) is 0 Å². The number of carbonyl (C=O) groups excluding carboxylic acids is 1. The lowest BCUT2D eigenvalue weighted by Gasteiger charge is -2.47. The molecule has 3 fully saturated rings. The summed E-state index contributed by atoms with van der Waals surface area (Å²) in [5, 5.41) is 0. The third-order valence-electron chi connectivity index (χ3n) is 6.21. The number of piperidine rings is 1. The zero-order chi connectivity index (χ0) is 16.5. The summed E-state index contributed by atoms with van der Waals surface area (Å²) in [5.41, 5.74) is 1.40. The SMILES string of the molecule is C[C@@H]1C(=O)N2CCC[C@@H]2CN1C1CCN(Cc2ccccc2)CC1. The number of benzene rings is 1. The molecule has 0 aliphatic carbocycles. The highest BCUT2D eigenvalue weighted by atomic mass is 16.2. The first-order valence-corrected chi connectivity index (χ1v) is 9.55. The predicted molar refractivity (Wildman–Crippen MR) is 95.6 cm³/mol. The van der Waals surface area contributed by atoms with Gasteiger partial charge in [0.05, 0.1) is 6.04 Å². The first kappa shape index (κ1) is 16.1. The van der Waals surface area contributed by atoms with Gasteiger partial charge in [-0.25, -0.2) is 0 Å². The molecule has 3 aliphatic rings. The Morgan fingerprint density at radius 1 is 1.00 bits per heavy atom. The van der Waals surface area contributed by atoms with Gasteiger partial charge in [0.25, 0.3) is 0 Å². The normalized spacial score (nSPS) is 29.9. The van der Waals surface area contributed by atoms with Gasteiger partial charge >= 0.3 is 0 Å². The van der Waals surface area contributed by atoms with E-state index in [-0.39, 0.29) is 6.04 Å². The summed E-state index contributed by atoms with van der Waals surface area (Å²) in [5.74, 6) is 0.371. The second kappa shape index (κ2) is 6.85. The van der Waals surface area contributed by atoms with E-state index in [1.807, 2.05) is 0 Å². The number of rotatable bonds is 3. The maximum atomic E-state index is 12.6. The van der Waals surface area contributed by atoms with Crippen molar-refractivity contribution in [2.75, 3.05) is 26.2 Å². The van der Waals surface area contributed by atoms with Crippen molar-refractivity contribution in [1.29, 1.82) is 0 Å². The Morgan fingerprint density at radius 2 is 1.75 bits per heavy atom. The molecule has 0 N–H and O–H groups in total. The van der Waals surface area contributed by atoms with Crippen LogP contribution in [0.3, 0.4) is 0 Å². The second-order valence-corrected chi connectivity index (χ2v) is 7.69. The average Bonchev–Trinajstić information content (AvgIpc) is 3.09. The molecule has 0 aromatic heterocycles. The van der Waals surface area contributed by atoms with Crippen molar-refractivity contribution in [2.45, 2.75) is 57.3 Å². The minimum Gasteiger partial charge on any atom is -0.337 e. The van der Waals surface area contributed by atoms with Crippen molar-refractivity contribution < 1.29 is 4.79 Å². The van der Waals surface area contributed by atoms with Crippen molar-refractivity contribution >= 4 is 5.91 Å². The summed E-state index contributed by atoms with van der Waals surface area (Å²) in [6.45, 7) is 7.54. The number of fused-ring (bicyclic) bond motifs is 1. The summed E-state index contributed by atoms with van der Waals surface area (Å²) in [6, 6.07) is 11.9. The van der Waals surface area contributed by atoms with E-state index in [0.717, 1.165) is 32.7 Å². The van der Waals surface area contributed by atoms with E-state index in [2.05, 4.69) is 52.0 Å². The fourth-order valence-corrected chi connectivity index (χ4v) is 4.81. The fourth-order valence-electron chi connectivity index (χ4n) is 4.81. The molecule has 0 bridgehead atoms. The second-order valence-electron chi connectivity index (χ2n) is 7.69. The molecule has 3 saturated heterocycles.